The van der Waals surface area contributed by atoms with Gasteiger partial charge in [-0.25, -0.2) is 0 Å². The van der Waals surface area contributed by atoms with Gasteiger partial charge < -0.3 is 10.2 Å². The molecule has 1 aromatic carbocycles. The quantitative estimate of drug-likeness (QED) is 0.879. The molecule has 1 rings (SSSR count). The van der Waals surface area contributed by atoms with Gasteiger partial charge in [0.25, 0.3) is 5.91 Å². The van der Waals surface area contributed by atoms with Gasteiger partial charge in [0.05, 0.1) is 5.56 Å². The topological polar surface area (TPSA) is 32.3 Å². The number of anilines is 1. The van der Waals surface area contributed by atoms with E-state index in [0.29, 0.717) is 12.0 Å². The van der Waals surface area contributed by atoms with E-state index in [1.807, 2.05) is 36.2 Å². The summed E-state index contributed by atoms with van der Waals surface area (Å²) < 4.78 is 0. The van der Waals surface area contributed by atoms with Gasteiger partial charge in [0.1, 0.15) is 0 Å². The highest BCUT2D eigenvalue weighted by Crippen LogP contribution is 2.20. The van der Waals surface area contributed by atoms with Crippen LogP contribution in [0.3, 0.4) is 0 Å². The summed E-state index contributed by atoms with van der Waals surface area (Å²) in [6, 6.07) is 8.24. The van der Waals surface area contributed by atoms with E-state index >= 15 is 0 Å². The van der Waals surface area contributed by atoms with Crippen molar-refractivity contribution in [1.29, 1.82) is 0 Å². The fraction of sp³-hybridized carbons (Fsp3) is 0.562. The lowest BCUT2D eigenvalue weighted by molar-refractivity contribution is 0.0708. The van der Waals surface area contributed by atoms with Crippen molar-refractivity contribution in [3.63, 3.8) is 0 Å². The first-order valence-electron chi connectivity index (χ1n) is 6.97. The fourth-order valence-corrected chi connectivity index (χ4v) is 1.93. The molecule has 1 atom stereocenters. The Morgan fingerprint density at radius 1 is 1.11 bits per heavy atom. The molecule has 0 spiro atoms. The summed E-state index contributed by atoms with van der Waals surface area (Å²) in [5.74, 6) is 0.518. The van der Waals surface area contributed by atoms with E-state index in [-0.39, 0.29) is 11.9 Å². The number of amides is 1. The molecule has 1 aromatic rings. The van der Waals surface area contributed by atoms with Crippen molar-refractivity contribution in [3.05, 3.63) is 29.8 Å². The molecule has 0 radical (unpaired) electrons. The Morgan fingerprint density at radius 2 is 1.68 bits per heavy atom. The highest BCUT2D eigenvalue weighted by molar-refractivity contribution is 5.99. The van der Waals surface area contributed by atoms with E-state index in [0.717, 1.165) is 11.3 Å². The molecule has 0 aliphatic rings. The van der Waals surface area contributed by atoms with Crippen LogP contribution < -0.4 is 5.32 Å². The zero-order chi connectivity index (χ0) is 14.6. The van der Waals surface area contributed by atoms with Crippen LogP contribution in [0.4, 0.5) is 5.69 Å². The molecular weight excluding hydrogens is 236 g/mol. The maximum atomic E-state index is 12.6. The molecule has 3 heteroatoms. The van der Waals surface area contributed by atoms with Gasteiger partial charge in [0.2, 0.25) is 0 Å². The molecule has 1 unspecified atom stereocenters. The van der Waals surface area contributed by atoms with Crippen LogP contribution in [0.15, 0.2) is 24.3 Å². The first kappa shape index (κ1) is 15.5. The second-order valence-corrected chi connectivity index (χ2v) is 5.75. The molecular formula is C16H26N2O. The Balaban J connectivity index is 2.99. The molecule has 3 nitrogen and oxygen atoms in total. The summed E-state index contributed by atoms with van der Waals surface area (Å²) in [5, 5.41) is 3.33. The predicted molar refractivity (Wildman–Crippen MR) is 81.6 cm³/mol. The van der Waals surface area contributed by atoms with Gasteiger partial charge in [-0.05, 0) is 38.8 Å². The van der Waals surface area contributed by atoms with Crippen LogP contribution in [0, 0.1) is 5.92 Å². The minimum absolute atomic E-state index is 0.0740. The fourth-order valence-electron chi connectivity index (χ4n) is 1.93. The second kappa shape index (κ2) is 6.60. The SMILES string of the molecule is CC(C)Nc1ccccc1C(=O)N(C)C(C)C(C)C. The molecule has 1 amide bonds. The van der Waals surface area contributed by atoms with E-state index in [9.17, 15) is 4.79 Å². The summed E-state index contributed by atoms with van der Waals surface area (Å²) in [4.78, 5) is 14.4. The highest BCUT2D eigenvalue weighted by atomic mass is 16.2. The van der Waals surface area contributed by atoms with Crippen molar-refractivity contribution >= 4 is 11.6 Å². The third-order valence-corrected chi connectivity index (χ3v) is 3.50. The summed E-state index contributed by atoms with van der Waals surface area (Å²) in [5.41, 5.74) is 1.65. The minimum atomic E-state index is 0.0740. The normalized spacial score (nSPS) is 12.6. The van der Waals surface area contributed by atoms with E-state index in [4.69, 9.17) is 0 Å². The molecule has 0 aliphatic heterocycles. The second-order valence-electron chi connectivity index (χ2n) is 5.75. The van der Waals surface area contributed by atoms with Crippen LogP contribution in [0.2, 0.25) is 0 Å². The number of rotatable bonds is 5. The number of carbonyl (C=O) groups is 1. The van der Waals surface area contributed by atoms with Crippen LogP contribution in [0.5, 0.6) is 0 Å². The molecule has 0 aliphatic carbocycles. The van der Waals surface area contributed by atoms with Crippen LogP contribution >= 0.6 is 0 Å². The maximum Gasteiger partial charge on any atom is 0.255 e. The van der Waals surface area contributed by atoms with E-state index < -0.39 is 0 Å². The summed E-state index contributed by atoms with van der Waals surface area (Å²) in [6.07, 6.45) is 0. The average molecular weight is 262 g/mol. The highest BCUT2D eigenvalue weighted by Gasteiger charge is 2.21. The van der Waals surface area contributed by atoms with Gasteiger partial charge in [-0.1, -0.05) is 26.0 Å². The molecule has 0 bridgehead atoms. The molecule has 0 saturated heterocycles. The number of nitrogens with zero attached hydrogens (tertiary/aromatic N) is 1. The number of benzene rings is 1. The van der Waals surface area contributed by atoms with Crippen molar-refractivity contribution in [1.82, 2.24) is 4.90 Å². The minimum Gasteiger partial charge on any atom is -0.382 e. The van der Waals surface area contributed by atoms with Gasteiger partial charge >= 0.3 is 0 Å². The Labute approximate surface area is 117 Å². The number of hydrogen-bond donors (Lipinski definition) is 1. The number of carbonyl (C=O) groups excluding carboxylic acids is 1. The van der Waals surface area contributed by atoms with E-state index in [2.05, 4.69) is 39.9 Å². The van der Waals surface area contributed by atoms with Crippen molar-refractivity contribution in [2.45, 2.75) is 46.7 Å². The largest absolute Gasteiger partial charge is 0.382 e. The Morgan fingerprint density at radius 3 is 2.21 bits per heavy atom. The average Bonchev–Trinajstić information content (AvgIpc) is 2.36. The first-order chi connectivity index (χ1) is 8.84. The Bertz CT molecular complexity index is 427. The molecule has 0 saturated carbocycles. The summed E-state index contributed by atoms with van der Waals surface area (Å²) in [7, 11) is 1.87. The van der Waals surface area contributed by atoms with Crippen LogP contribution in [-0.4, -0.2) is 29.9 Å². The summed E-state index contributed by atoms with van der Waals surface area (Å²) in [6.45, 7) is 10.5. The monoisotopic (exact) mass is 262 g/mol. The molecule has 0 heterocycles. The molecule has 0 aromatic heterocycles. The number of hydrogen-bond acceptors (Lipinski definition) is 2. The summed E-state index contributed by atoms with van der Waals surface area (Å²) >= 11 is 0. The lowest BCUT2D eigenvalue weighted by Gasteiger charge is -2.29. The predicted octanol–water partition coefficient (Wildman–Crippen LogP) is 3.62. The zero-order valence-electron chi connectivity index (χ0n) is 12.9. The van der Waals surface area contributed by atoms with Gasteiger partial charge in [0.15, 0.2) is 0 Å². The molecule has 106 valence electrons. The maximum absolute atomic E-state index is 12.6. The van der Waals surface area contributed by atoms with E-state index in [1.54, 1.807) is 0 Å². The Kier molecular flexibility index (Phi) is 5.40. The van der Waals surface area contributed by atoms with Gasteiger partial charge in [0, 0.05) is 24.8 Å². The third kappa shape index (κ3) is 3.98. The number of para-hydroxylation sites is 1. The lowest BCUT2D eigenvalue weighted by atomic mass is 10.0. The van der Waals surface area contributed by atoms with Crippen molar-refractivity contribution in [2.24, 2.45) is 5.92 Å². The number of nitrogens with one attached hydrogen (secondary N) is 1. The zero-order valence-corrected chi connectivity index (χ0v) is 12.9. The third-order valence-electron chi connectivity index (χ3n) is 3.50. The molecule has 0 fully saturated rings. The van der Waals surface area contributed by atoms with Crippen LogP contribution in [0.1, 0.15) is 45.0 Å². The Hall–Kier alpha value is -1.51. The smallest absolute Gasteiger partial charge is 0.255 e. The van der Waals surface area contributed by atoms with Crippen molar-refractivity contribution in [2.75, 3.05) is 12.4 Å². The first-order valence-corrected chi connectivity index (χ1v) is 6.97. The van der Waals surface area contributed by atoms with Gasteiger partial charge in [-0.15, -0.1) is 0 Å². The van der Waals surface area contributed by atoms with Crippen molar-refractivity contribution in [3.8, 4) is 0 Å². The van der Waals surface area contributed by atoms with Crippen LogP contribution in [0.25, 0.3) is 0 Å². The molecule has 19 heavy (non-hydrogen) atoms. The standard InChI is InChI=1S/C16H26N2O/c1-11(2)13(5)18(6)16(19)14-9-7-8-10-15(14)17-12(3)4/h7-13,17H,1-6H3. The van der Waals surface area contributed by atoms with E-state index in [1.165, 1.54) is 0 Å². The van der Waals surface area contributed by atoms with Crippen molar-refractivity contribution < 1.29 is 4.79 Å². The van der Waals surface area contributed by atoms with Gasteiger partial charge in [-0.3, -0.25) is 4.79 Å². The molecule has 1 N–H and O–H groups in total. The van der Waals surface area contributed by atoms with Crippen LogP contribution in [-0.2, 0) is 0 Å². The lowest BCUT2D eigenvalue weighted by Crippen LogP contribution is -2.38. The van der Waals surface area contributed by atoms with Gasteiger partial charge in [-0.2, -0.15) is 0 Å².